The third kappa shape index (κ3) is 3.91. The number of nitrogens with zero attached hydrogens (tertiary/aromatic N) is 3. The number of hydrogen-bond donors (Lipinski definition) is 1. The summed E-state index contributed by atoms with van der Waals surface area (Å²) in [5, 5.41) is 9.31. The van der Waals surface area contributed by atoms with Gasteiger partial charge in [-0.3, -0.25) is 14.7 Å². The zero-order chi connectivity index (χ0) is 18.7. The Balaban J connectivity index is 1.69. The second kappa shape index (κ2) is 7.66. The summed E-state index contributed by atoms with van der Waals surface area (Å²) in [5.74, 6) is -0.935. The summed E-state index contributed by atoms with van der Waals surface area (Å²) in [7, 11) is 0. The molecular formula is C20H23N3O3. The predicted octanol–water partition coefficient (Wildman–Crippen LogP) is 2.32. The molecule has 0 unspecified atom stereocenters. The van der Waals surface area contributed by atoms with E-state index in [1.807, 2.05) is 41.8 Å². The summed E-state index contributed by atoms with van der Waals surface area (Å²) < 4.78 is 0. The molecule has 0 radical (unpaired) electrons. The van der Waals surface area contributed by atoms with E-state index in [2.05, 4.69) is 11.1 Å². The van der Waals surface area contributed by atoms with E-state index in [1.165, 1.54) is 5.56 Å². The largest absolute Gasteiger partial charge is 0.478 e. The van der Waals surface area contributed by atoms with Crippen molar-refractivity contribution in [2.45, 2.75) is 33.0 Å². The molecule has 0 bridgehead atoms. The smallest absolute Gasteiger partial charge is 0.337 e. The maximum Gasteiger partial charge on any atom is 0.337 e. The molecule has 0 aliphatic carbocycles. The van der Waals surface area contributed by atoms with Gasteiger partial charge in [-0.2, -0.15) is 0 Å². The van der Waals surface area contributed by atoms with E-state index in [0.29, 0.717) is 31.9 Å². The highest BCUT2D eigenvalue weighted by Crippen LogP contribution is 2.18. The molecule has 6 heteroatoms. The van der Waals surface area contributed by atoms with Crippen molar-refractivity contribution in [2.75, 3.05) is 13.1 Å². The lowest BCUT2D eigenvalue weighted by Crippen LogP contribution is -2.55. The van der Waals surface area contributed by atoms with Crippen molar-refractivity contribution in [3.8, 4) is 0 Å². The number of aromatic carboxylic acids is 1. The maximum atomic E-state index is 12.8. The molecule has 1 aliphatic rings. The van der Waals surface area contributed by atoms with Gasteiger partial charge < -0.3 is 10.0 Å². The quantitative estimate of drug-likeness (QED) is 0.893. The molecule has 1 saturated heterocycles. The molecule has 2 aromatic rings. The lowest BCUT2D eigenvalue weighted by atomic mass is 10.1. The molecule has 0 saturated carbocycles. The van der Waals surface area contributed by atoms with Crippen LogP contribution in [-0.2, 0) is 17.9 Å². The fourth-order valence-corrected chi connectivity index (χ4v) is 3.33. The van der Waals surface area contributed by atoms with Gasteiger partial charge in [0.1, 0.15) is 0 Å². The minimum absolute atomic E-state index is 0.0607. The molecule has 1 atom stereocenters. The van der Waals surface area contributed by atoms with Crippen molar-refractivity contribution in [3.63, 3.8) is 0 Å². The molecule has 1 N–H and O–H groups in total. The van der Waals surface area contributed by atoms with Gasteiger partial charge in [0.2, 0.25) is 5.91 Å². The van der Waals surface area contributed by atoms with Crippen molar-refractivity contribution in [1.82, 2.24) is 14.8 Å². The number of carbonyl (C=O) groups excluding carboxylic acids is 1. The van der Waals surface area contributed by atoms with Crippen molar-refractivity contribution in [2.24, 2.45) is 0 Å². The van der Waals surface area contributed by atoms with Crippen LogP contribution >= 0.6 is 0 Å². The van der Waals surface area contributed by atoms with E-state index in [1.54, 1.807) is 18.3 Å². The maximum absolute atomic E-state index is 12.8. The first-order valence-corrected chi connectivity index (χ1v) is 8.71. The summed E-state index contributed by atoms with van der Waals surface area (Å²) in [6.45, 7) is 6.17. The molecule has 1 aliphatic heterocycles. The molecule has 3 rings (SSSR count). The number of rotatable bonds is 5. The average Bonchev–Trinajstić information content (AvgIpc) is 2.62. The Morgan fingerprint density at radius 3 is 2.77 bits per heavy atom. The minimum Gasteiger partial charge on any atom is -0.478 e. The number of aryl methyl sites for hydroxylation is 1. The van der Waals surface area contributed by atoms with Crippen LogP contribution in [0.2, 0.25) is 0 Å². The van der Waals surface area contributed by atoms with Gasteiger partial charge in [0.15, 0.2) is 0 Å². The Labute approximate surface area is 153 Å². The Kier molecular flexibility index (Phi) is 5.32. The van der Waals surface area contributed by atoms with Crippen LogP contribution < -0.4 is 0 Å². The third-order valence-corrected chi connectivity index (χ3v) is 4.80. The molecule has 136 valence electrons. The van der Waals surface area contributed by atoms with Crippen LogP contribution in [0.25, 0.3) is 0 Å². The zero-order valence-corrected chi connectivity index (χ0v) is 15.1. The number of hydrogen-bond acceptors (Lipinski definition) is 4. The van der Waals surface area contributed by atoms with E-state index >= 15 is 0 Å². The predicted molar refractivity (Wildman–Crippen MR) is 97.7 cm³/mol. The highest BCUT2D eigenvalue weighted by molar-refractivity contribution is 5.88. The van der Waals surface area contributed by atoms with Gasteiger partial charge in [0.25, 0.3) is 0 Å². The molecule has 26 heavy (non-hydrogen) atoms. The van der Waals surface area contributed by atoms with E-state index in [9.17, 15) is 14.7 Å². The van der Waals surface area contributed by atoms with Gasteiger partial charge in [0.05, 0.1) is 17.3 Å². The summed E-state index contributed by atoms with van der Waals surface area (Å²) in [4.78, 5) is 32.2. The van der Waals surface area contributed by atoms with Crippen LogP contribution in [0.1, 0.15) is 34.1 Å². The lowest BCUT2D eigenvalue weighted by Gasteiger charge is -2.39. The van der Waals surface area contributed by atoms with Crippen molar-refractivity contribution in [1.29, 1.82) is 0 Å². The minimum atomic E-state index is -0.995. The Bertz CT molecular complexity index is 821. The average molecular weight is 353 g/mol. The second-order valence-electron chi connectivity index (χ2n) is 6.70. The van der Waals surface area contributed by atoms with Crippen LogP contribution in [0.15, 0.2) is 42.6 Å². The molecule has 1 fully saturated rings. The normalized spacial score (nSPS) is 18.2. The van der Waals surface area contributed by atoms with Crippen molar-refractivity contribution in [3.05, 3.63) is 65.0 Å². The summed E-state index contributed by atoms with van der Waals surface area (Å²) >= 11 is 0. The summed E-state index contributed by atoms with van der Waals surface area (Å²) in [6.07, 6.45) is 1.59. The number of carbonyl (C=O) groups is 2. The number of piperazine rings is 1. The van der Waals surface area contributed by atoms with Crippen LogP contribution in [0.4, 0.5) is 0 Å². The van der Waals surface area contributed by atoms with Gasteiger partial charge in [-0.15, -0.1) is 0 Å². The Morgan fingerprint density at radius 2 is 2.04 bits per heavy atom. The monoisotopic (exact) mass is 353 g/mol. The van der Waals surface area contributed by atoms with Gasteiger partial charge in [0, 0.05) is 32.4 Å². The molecular weight excluding hydrogens is 330 g/mol. The highest BCUT2D eigenvalue weighted by atomic mass is 16.4. The van der Waals surface area contributed by atoms with Crippen LogP contribution in [0.5, 0.6) is 0 Å². The summed E-state index contributed by atoms with van der Waals surface area (Å²) in [6, 6.07) is 11.0. The zero-order valence-electron chi connectivity index (χ0n) is 15.1. The van der Waals surface area contributed by atoms with Gasteiger partial charge in [-0.05, 0) is 31.5 Å². The number of carboxylic acids is 1. The topological polar surface area (TPSA) is 73.7 Å². The number of pyridine rings is 1. The van der Waals surface area contributed by atoms with Gasteiger partial charge in [-0.1, -0.05) is 29.8 Å². The fraction of sp³-hybridized carbons (Fsp3) is 0.350. The molecule has 1 aromatic heterocycles. The molecule has 0 spiro atoms. The third-order valence-electron chi connectivity index (χ3n) is 4.80. The first kappa shape index (κ1) is 18.1. The number of benzene rings is 1. The molecule has 1 aromatic carbocycles. The van der Waals surface area contributed by atoms with E-state index in [-0.39, 0.29) is 17.5 Å². The lowest BCUT2D eigenvalue weighted by molar-refractivity contribution is -0.142. The Hall–Kier alpha value is -2.73. The SMILES string of the molecule is Cc1cccc(CN2CCN(Cc3ncccc3C(=O)O)[C@@H](C)C2=O)c1. The van der Waals surface area contributed by atoms with Crippen LogP contribution in [-0.4, -0.2) is 50.9 Å². The molecule has 6 nitrogen and oxygen atoms in total. The number of carboxylic acid groups (broad SMARTS) is 1. The first-order valence-electron chi connectivity index (χ1n) is 8.71. The van der Waals surface area contributed by atoms with E-state index < -0.39 is 5.97 Å². The van der Waals surface area contributed by atoms with Gasteiger partial charge >= 0.3 is 5.97 Å². The first-order chi connectivity index (χ1) is 12.5. The van der Waals surface area contributed by atoms with Gasteiger partial charge in [-0.25, -0.2) is 4.79 Å². The van der Waals surface area contributed by atoms with Crippen LogP contribution in [0, 0.1) is 6.92 Å². The van der Waals surface area contributed by atoms with Crippen molar-refractivity contribution >= 4 is 11.9 Å². The van der Waals surface area contributed by atoms with E-state index in [0.717, 1.165) is 5.56 Å². The standard InChI is InChI=1S/C20H23N3O3/c1-14-5-3-6-16(11-14)12-23-10-9-22(15(2)19(23)24)13-18-17(20(25)26)7-4-8-21-18/h3-8,11,15H,9-10,12-13H2,1-2H3,(H,25,26)/t15-/m0/s1. The van der Waals surface area contributed by atoms with Crippen LogP contribution in [0.3, 0.4) is 0 Å². The Morgan fingerprint density at radius 1 is 1.23 bits per heavy atom. The molecule has 2 heterocycles. The fourth-order valence-electron chi connectivity index (χ4n) is 3.33. The number of amides is 1. The van der Waals surface area contributed by atoms with Crippen molar-refractivity contribution < 1.29 is 14.7 Å². The van der Waals surface area contributed by atoms with E-state index in [4.69, 9.17) is 0 Å². The summed E-state index contributed by atoms with van der Waals surface area (Å²) in [5.41, 5.74) is 2.98. The second-order valence-corrected chi connectivity index (χ2v) is 6.70. The molecule has 1 amide bonds. The number of aromatic nitrogens is 1. The highest BCUT2D eigenvalue weighted by Gasteiger charge is 2.32.